The first-order chi connectivity index (χ1) is 14.7. The molecule has 1 heterocycles. The summed E-state index contributed by atoms with van der Waals surface area (Å²) in [5.41, 5.74) is 3.61. The number of nitrogens with one attached hydrogen (secondary N) is 3. The molecule has 0 bridgehead atoms. The molecule has 0 spiro atoms. The first kappa shape index (κ1) is 24.2. The van der Waals surface area contributed by atoms with E-state index in [9.17, 15) is 4.79 Å². The SMILES string of the molecule is CN=C(NCCCn1nc(C)cc1C)NCCc1ccc(NC(=O)OC(C)(C)C)cc1. The number of hydrogen-bond donors (Lipinski definition) is 3. The van der Waals surface area contributed by atoms with Gasteiger partial charge in [0.2, 0.25) is 0 Å². The summed E-state index contributed by atoms with van der Waals surface area (Å²) < 4.78 is 7.30. The first-order valence-electron chi connectivity index (χ1n) is 10.7. The number of ether oxygens (including phenoxy) is 1. The van der Waals surface area contributed by atoms with Crippen LogP contribution in [0.25, 0.3) is 0 Å². The molecule has 0 atom stereocenters. The Morgan fingerprint density at radius 1 is 1.13 bits per heavy atom. The van der Waals surface area contributed by atoms with E-state index in [2.05, 4.69) is 39.0 Å². The van der Waals surface area contributed by atoms with Crippen molar-refractivity contribution in [1.29, 1.82) is 0 Å². The van der Waals surface area contributed by atoms with Gasteiger partial charge in [0, 0.05) is 38.1 Å². The monoisotopic (exact) mass is 428 g/mol. The van der Waals surface area contributed by atoms with Gasteiger partial charge < -0.3 is 15.4 Å². The number of carbonyl (C=O) groups is 1. The third-order valence-corrected chi connectivity index (χ3v) is 4.47. The zero-order valence-corrected chi connectivity index (χ0v) is 19.6. The summed E-state index contributed by atoms with van der Waals surface area (Å²) >= 11 is 0. The number of carbonyl (C=O) groups excluding carboxylic acids is 1. The highest BCUT2D eigenvalue weighted by Crippen LogP contribution is 2.13. The summed E-state index contributed by atoms with van der Waals surface area (Å²) in [6.45, 7) is 12.1. The molecule has 1 amide bonds. The van der Waals surface area contributed by atoms with Gasteiger partial charge in [-0.3, -0.25) is 15.0 Å². The Kier molecular flexibility index (Phi) is 8.90. The zero-order chi connectivity index (χ0) is 22.9. The van der Waals surface area contributed by atoms with Crippen LogP contribution in [0.3, 0.4) is 0 Å². The van der Waals surface area contributed by atoms with Gasteiger partial charge in [-0.25, -0.2) is 4.79 Å². The lowest BCUT2D eigenvalue weighted by atomic mass is 10.1. The maximum absolute atomic E-state index is 11.8. The molecular formula is C23H36N6O2. The number of rotatable bonds is 8. The topological polar surface area (TPSA) is 92.6 Å². The van der Waals surface area contributed by atoms with Crippen molar-refractivity contribution < 1.29 is 9.53 Å². The van der Waals surface area contributed by atoms with Crippen LogP contribution in [0.4, 0.5) is 10.5 Å². The molecule has 0 unspecified atom stereocenters. The summed E-state index contributed by atoms with van der Waals surface area (Å²) in [5, 5.41) is 13.9. The van der Waals surface area contributed by atoms with E-state index in [1.807, 2.05) is 56.6 Å². The molecule has 0 saturated heterocycles. The second-order valence-electron chi connectivity index (χ2n) is 8.50. The number of aliphatic imine (C=N–C) groups is 1. The maximum atomic E-state index is 11.8. The molecule has 0 aliphatic rings. The molecule has 2 aromatic rings. The van der Waals surface area contributed by atoms with Crippen LogP contribution in [0, 0.1) is 13.8 Å². The molecule has 0 saturated carbocycles. The van der Waals surface area contributed by atoms with Crippen LogP contribution in [0.2, 0.25) is 0 Å². The van der Waals surface area contributed by atoms with E-state index in [1.165, 1.54) is 11.3 Å². The van der Waals surface area contributed by atoms with Crippen molar-refractivity contribution in [2.24, 2.45) is 4.99 Å². The van der Waals surface area contributed by atoms with E-state index in [-0.39, 0.29) is 0 Å². The van der Waals surface area contributed by atoms with Crippen LogP contribution in [0.15, 0.2) is 35.3 Å². The molecule has 8 nitrogen and oxygen atoms in total. The standard InChI is InChI=1S/C23H36N6O2/c1-17-16-18(2)29(28-17)15-7-13-25-21(24-6)26-14-12-19-8-10-20(11-9-19)27-22(30)31-23(3,4)5/h8-11,16H,7,12-15H2,1-6H3,(H,27,30)(H2,24,25,26). The Labute approximate surface area is 185 Å². The normalized spacial score (nSPS) is 11.9. The number of aromatic nitrogens is 2. The van der Waals surface area contributed by atoms with Crippen molar-refractivity contribution in [3.8, 4) is 0 Å². The zero-order valence-electron chi connectivity index (χ0n) is 19.6. The van der Waals surface area contributed by atoms with Crippen molar-refractivity contribution in [3.05, 3.63) is 47.3 Å². The third kappa shape index (κ3) is 9.11. The third-order valence-electron chi connectivity index (χ3n) is 4.47. The summed E-state index contributed by atoms with van der Waals surface area (Å²) in [5.74, 6) is 0.789. The van der Waals surface area contributed by atoms with Gasteiger partial charge in [0.25, 0.3) is 0 Å². The van der Waals surface area contributed by atoms with E-state index in [0.717, 1.165) is 44.1 Å². The van der Waals surface area contributed by atoms with Crippen molar-refractivity contribution in [3.63, 3.8) is 0 Å². The van der Waals surface area contributed by atoms with Crippen LogP contribution in [0.5, 0.6) is 0 Å². The number of benzene rings is 1. The van der Waals surface area contributed by atoms with E-state index >= 15 is 0 Å². The summed E-state index contributed by atoms with van der Waals surface area (Å²) in [6, 6.07) is 9.85. The van der Waals surface area contributed by atoms with E-state index in [0.29, 0.717) is 5.69 Å². The van der Waals surface area contributed by atoms with Gasteiger partial charge in [0.05, 0.1) is 5.69 Å². The van der Waals surface area contributed by atoms with Crippen LogP contribution in [0.1, 0.15) is 44.1 Å². The highest BCUT2D eigenvalue weighted by atomic mass is 16.6. The van der Waals surface area contributed by atoms with Gasteiger partial charge in [-0.2, -0.15) is 5.10 Å². The molecule has 8 heteroatoms. The number of nitrogens with zero attached hydrogens (tertiary/aromatic N) is 3. The molecule has 31 heavy (non-hydrogen) atoms. The van der Waals surface area contributed by atoms with E-state index < -0.39 is 11.7 Å². The number of anilines is 1. The van der Waals surface area contributed by atoms with Crippen LogP contribution < -0.4 is 16.0 Å². The van der Waals surface area contributed by atoms with Crippen LogP contribution in [-0.4, -0.2) is 47.6 Å². The largest absolute Gasteiger partial charge is 0.444 e. The lowest BCUT2D eigenvalue weighted by Gasteiger charge is -2.19. The minimum Gasteiger partial charge on any atom is -0.444 e. The second-order valence-corrected chi connectivity index (χ2v) is 8.50. The molecule has 0 aliphatic carbocycles. The van der Waals surface area contributed by atoms with Gasteiger partial charge in [-0.1, -0.05) is 12.1 Å². The van der Waals surface area contributed by atoms with Gasteiger partial charge >= 0.3 is 6.09 Å². The van der Waals surface area contributed by atoms with Gasteiger partial charge in [0.15, 0.2) is 5.96 Å². The Balaban J connectivity index is 1.67. The fourth-order valence-electron chi connectivity index (χ4n) is 3.06. The molecule has 170 valence electrons. The Bertz CT molecular complexity index is 865. The lowest BCUT2D eigenvalue weighted by molar-refractivity contribution is 0.0636. The lowest BCUT2D eigenvalue weighted by Crippen LogP contribution is -2.39. The number of hydrogen-bond acceptors (Lipinski definition) is 4. The molecule has 0 aliphatic heterocycles. The molecule has 0 fully saturated rings. The highest BCUT2D eigenvalue weighted by molar-refractivity contribution is 5.84. The minimum absolute atomic E-state index is 0.449. The molecule has 1 aromatic heterocycles. The summed E-state index contributed by atoms with van der Waals surface area (Å²) in [6.07, 6.45) is 1.36. The van der Waals surface area contributed by atoms with E-state index in [4.69, 9.17) is 4.74 Å². The molecule has 1 aromatic carbocycles. The average molecular weight is 429 g/mol. The summed E-state index contributed by atoms with van der Waals surface area (Å²) in [7, 11) is 1.77. The number of guanidine groups is 1. The highest BCUT2D eigenvalue weighted by Gasteiger charge is 2.16. The van der Waals surface area contributed by atoms with Gasteiger partial charge in [0.1, 0.15) is 5.60 Å². The van der Waals surface area contributed by atoms with Crippen molar-refractivity contribution in [1.82, 2.24) is 20.4 Å². The van der Waals surface area contributed by atoms with Crippen molar-refractivity contribution in [2.75, 3.05) is 25.5 Å². The number of amides is 1. The molecule has 3 N–H and O–H groups in total. The predicted molar refractivity (Wildman–Crippen MR) is 126 cm³/mol. The summed E-state index contributed by atoms with van der Waals surface area (Å²) in [4.78, 5) is 16.1. The maximum Gasteiger partial charge on any atom is 0.412 e. The van der Waals surface area contributed by atoms with Crippen LogP contribution in [-0.2, 0) is 17.7 Å². The smallest absolute Gasteiger partial charge is 0.412 e. The quantitative estimate of drug-likeness (QED) is 0.339. The molecular weight excluding hydrogens is 392 g/mol. The second kappa shape index (κ2) is 11.4. The fraction of sp³-hybridized carbons (Fsp3) is 0.522. The van der Waals surface area contributed by atoms with Crippen LogP contribution >= 0.6 is 0 Å². The van der Waals surface area contributed by atoms with Crippen molar-refractivity contribution in [2.45, 2.75) is 59.6 Å². The van der Waals surface area contributed by atoms with E-state index in [1.54, 1.807) is 7.05 Å². The molecule has 2 rings (SSSR count). The predicted octanol–water partition coefficient (Wildman–Crippen LogP) is 3.64. The Hall–Kier alpha value is -3.03. The fourth-order valence-corrected chi connectivity index (χ4v) is 3.06. The Morgan fingerprint density at radius 2 is 1.81 bits per heavy atom. The van der Waals surface area contributed by atoms with Crippen molar-refractivity contribution >= 4 is 17.7 Å². The average Bonchev–Trinajstić information content (AvgIpc) is 3.00. The first-order valence-corrected chi connectivity index (χ1v) is 10.7. The van der Waals surface area contributed by atoms with Gasteiger partial charge in [-0.05, 0) is 71.2 Å². The molecule has 0 radical (unpaired) electrons. The Morgan fingerprint density at radius 3 is 2.39 bits per heavy atom. The van der Waals surface area contributed by atoms with Gasteiger partial charge in [-0.15, -0.1) is 0 Å². The minimum atomic E-state index is -0.514. The number of aryl methyl sites for hydroxylation is 3.